The van der Waals surface area contributed by atoms with E-state index in [0.717, 1.165) is 22.5 Å². The number of thiophene rings is 2. The summed E-state index contributed by atoms with van der Waals surface area (Å²) in [5.41, 5.74) is 1.95. The third kappa shape index (κ3) is 2.49. The number of para-hydroxylation sites is 1. The molecule has 0 aliphatic heterocycles. The van der Waals surface area contributed by atoms with Crippen LogP contribution in [0, 0.1) is 6.92 Å². The van der Waals surface area contributed by atoms with Crippen molar-refractivity contribution in [3.05, 3.63) is 51.7 Å². The average Bonchev–Trinajstić information content (AvgIpc) is 2.99. The lowest BCUT2D eigenvalue weighted by Crippen LogP contribution is -2.10. The van der Waals surface area contributed by atoms with E-state index in [1.54, 1.807) is 22.7 Å². The molecule has 0 saturated carbocycles. The highest BCUT2D eigenvalue weighted by Gasteiger charge is 2.13. The van der Waals surface area contributed by atoms with Gasteiger partial charge in [-0.3, -0.25) is 4.79 Å². The summed E-state index contributed by atoms with van der Waals surface area (Å²) < 4.78 is 1.23. The molecular formula is C16H15NOS2. The van der Waals surface area contributed by atoms with Gasteiger partial charge in [0.2, 0.25) is 0 Å². The lowest BCUT2D eigenvalue weighted by molar-refractivity contribution is 0.103. The van der Waals surface area contributed by atoms with Gasteiger partial charge in [0.05, 0.1) is 8.89 Å². The molecule has 0 atom stereocenters. The maximum Gasteiger partial charge on any atom is 0.265 e. The average molecular weight is 301 g/mol. The molecule has 2 heterocycles. The van der Waals surface area contributed by atoms with Crippen molar-refractivity contribution in [3.63, 3.8) is 0 Å². The molecule has 3 rings (SSSR count). The van der Waals surface area contributed by atoms with Crippen molar-refractivity contribution in [2.75, 3.05) is 5.32 Å². The monoisotopic (exact) mass is 301 g/mol. The molecule has 0 radical (unpaired) electrons. The zero-order chi connectivity index (χ0) is 14.1. The number of anilines is 1. The first-order valence-corrected chi connectivity index (χ1v) is 8.20. The zero-order valence-corrected chi connectivity index (χ0v) is 13.0. The van der Waals surface area contributed by atoms with E-state index in [0.29, 0.717) is 0 Å². The summed E-state index contributed by atoms with van der Waals surface area (Å²) in [6.45, 7) is 4.15. The Morgan fingerprint density at radius 3 is 2.70 bits per heavy atom. The third-order valence-corrected chi connectivity index (χ3v) is 5.76. The van der Waals surface area contributed by atoms with Crippen LogP contribution in [-0.4, -0.2) is 5.91 Å². The molecule has 3 aromatic rings. The summed E-state index contributed by atoms with van der Waals surface area (Å²) in [5, 5.41) is 4.17. The molecule has 0 spiro atoms. The van der Waals surface area contributed by atoms with E-state index in [1.807, 2.05) is 37.3 Å². The topological polar surface area (TPSA) is 29.1 Å². The quantitative estimate of drug-likeness (QED) is 0.717. The number of carbonyl (C=O) groups excluding carboxylic acids is 1. The number of hydrogen-bond donors (Lipinski definition) is 1. The van der Waals surface area contributed by atoms with E-state index in [-0.39, 0.29) is 5.91 Å². The number of amides is 1. The third-order valence-electron chi connectivity index (χ3n) is 3.23. The fraction of sp³-hybridized carbons (Fsp3) is 0.188. The second-order valence-electron chi connectivity index (χ2n) is 4.69. The number of benzene rings is 1. The van der Waals surface area contributed by atoms with E-state index in [9.17, 15) is 4.79 Å². The summed E-state index contributed by atoms with van der Waals surface area (Å²) in [4.78, 5) is 14.4. The van der Waals surface area contributed by atoms with Crippen molar-refractivity contribution >= 4 is 43.7 Å². The van der Waals surface area contributed by atoms with Gasteiger partial charge in [0.25, 0.3) is 5.91 Å². The van der Waals surface area contributed by atoms with Gasteiger partial charge in [-0.1, -0.05) is 25.1 Å². The number of rotatable bonds is 3. The SMILES string of the molecule is CCc1cc2cc(C(=O)Nc3ccccc3C)sc2s1. The summed E-state index contributed by atoms with van der Waals surface area (Å²) in [5.74, 6) is -0.0225. The summed E-state index contributed by atoms with van der Waals surface area (Å²) in [6.07, 6.45) is 1.05. The fourth-order valence-corrected chi connectivity index (χ4v) is 4.40. The summed E-state index contributed by atoms with van der Waals surface area (Å²) in [7, 11) is 0. The first-order valence-electron chi connectivity index (χ1n) is 6.56. The minimum atomic E-state index is -0.0225. The molecular weight excluding hydrogens is 286 g/mol. The fourth-order valence-electron chi connectivity index (χ4n) is 2.07. The minimum Gasteiger partial charge on any atom is -0.321 e. The Kier molecular flexibility index (Phi) is 3.59. The van der Waals surface area contributed by atoms with Crippen LogP contribution in [0.2, 0.25) is 0 Å². The maximum atomic E-state index is 12.3. The predicted molar refractivity (Wildman–Crippen MR) is 88.2 cm³/mol. The number of nitrogens with one attached hydrogen (secondary N) is 1. The van der Waals surface area contributed by atoms with Gasteiger partial charge in [0.1, 0.15) is 0 Å². The second-order valence-corrected chi connectivity index (χ2v) is 7.14. The van der Waals surface area contributed by atoms with Gasteiger partial charge >= 0.3 is 0 Å². The minimum absolute atomic E-state index is 0.0225. The van der Waals surface area contributed by atoms with Crippen molar-refractivity contribution in [2.45, 2.75) is 20.3 Å². The highest BCUT2D eigenvalue weighted by molar-refractivity contribution is 7.39. The Morgan fingerprint density at radius 1 is 1.20 bits per heavy atom. The van der Waals surface area contributed by atoms with Crippen LogP contribution in [0.5, 0.6) is 0 Å². The van der Waals surface area contributed by atoms with Crippen LogP contribution in [0.4, 0.5) is 5.69 Å². The molecule has 1 N–H and O–H groups in total. The molecule has 1 amide bonds. The van der Waals surface area contributed by atoms with Gasteiger partial charge < -0.3 is 5.32 Å². The van der Waals surface area contributed by atoms with Gasteiger partial charge in [-0.15, -0.1) is 22.7 Å². The Bertz CT molecular complexity index is 738. The van der Waals surface area contributed by atoms with E-state index in [1.165, 1.54) is 14.3 Å². The second kappa shape index (κ2) is 5.38. The molecule has 0 unspecified atom stereocenters. The smallest absolute Gasteiger partial charge is 0.265 e. The van der Waals surface area contributed by atoms with Crippen LogP contribution in [0.15, 0.2) is 36.4 Å². The predicted octanol–water partition coefficient (Wildman–Crippen LogP) is 5.09. The molecule has 0 aliphatic rings. The molecule has 4 heteroatoms. The van der Waals surface area contributed by atoms with Gasteiger partial charge in [0.15, 0.2) is 0 Å². The number of hydrogen-bond acceptors (Lipinski definition) is 3. The van der Waals surface area contributed by atoms with Gasteiger partial charge in [-0.25, -0.2) is 0 Å². The van der Waals surface area contributed by atoms with E-state index in [4.69, 9.17) is 0 Å². The van der Waals surface area contributed by atoms with E-state index >= 15 is 0 Å². The summed E-state index contributed by atoms with van der Waals surface area (Å²) in [6, 6.07) is 12.0. The maximum absolute atomic E-state index is 12.3. The largest absolute Gasteiger partial charge is 0.321 e. The molecule has 0 aliphatic carbocycles. The number of carbonyl (C=O) groups is 1. The van der Waals surface area contributed by atoms with Crippen LogP contribution < -0.4 is 5.32 Å². The van der Waals surface area contributed by atoms with Crippen molar-refractivity contribution in [1.82, 2.24) is 0 Å². The van der Waals surface area contributed by atoms with Crippen LogP contribution in [0.25, 0.3) is 9.40 Å². The lowest BCUT2D eigenvalue weighted by atomic mass is 10.2. The number of fused-ring (bicyclic) bond motifs is 1. The standard InChI is InChI=1S/C16H15NOS2/c1-3-12-8-11-9-14(20-16(11)19-12)15(18)17-13-7-5-4-6-10(13)2/h4-9H,3H2,1-2H3,(H,17,18). The Hall–Kier alpha value is -1.65. The summed E-state index contributed by atoms with van der Waals surface area (Å²) >= 11 is 3.36. The van der Waals surface area contributed by atoms with E-state index in [2.05, 4.69) is 18.3 Å². The highest BCUT2D eigenvalue weighted by Crippen LogP contribution is 2.34. The Labute approximate surface area is 126 Å². The van der Waals surface area contributed by atoms with Crippen molar-refractivity contribution in [2.24, 2.45) is 0 Å². The Morgan fingerprint density at radius 2 is 2.00 bits per heavy atom. The number of aryl methyl sites for hydroxylation is 2. The first-order chi connectivity index (χ1) is 9.67. The lowest BCUT2D eigenvalue weighted by Gasteiger charge is -2.06. The first kappa shape index (κ1) is 13.3. The zero-order valence-electron chi connectivity index (χ0n) is 11.4. The molecule has 2 nitrogen and oxygen atoms in total. The Balaban J connectivity index is 1.85. The van der Waals surface area contributed by atoms with Crippen molar-refractivity contribution in [3.8, 4) is 0 Å². The van der Waals surface area contributed by atoms with Crippen LogP contribution >= 0.6 is 22.7 Å². The van der Waals surface area contributed by atoms with E-state index < -0.39 is 0 Å². The van der Waals surface area contributed by atoms with Gasteiger partial charge in [-0.05, 0) is 37.1 Å². The van der Waals surface area contributed by atoms with Crippen LogP contribution in [-0.2, 0) is 6.42 Å². The van der Waals surface area contributed by atoms with Gasteiger partial charge in [-0.2, -0.15) is 0 Å². The van der Waals surface area contributed by atoms with Crippen LogP contribution in [0.1, 0.15) is 27.0 Å². The highest BCUT2D eigenvalue weighted by atomic mass is 32.2. The van der Waals surface area contributed by atoms with Gasteiger partial charge in [0, 0.05) is 16.0 Å². The van der Waals surface area contributed by atoms with Crippen molar-refractivity contribution in [1.29, 1.82) is 0 Å². The molecule has 20 heavy (non-hydrogen) atoms. The normalized spacial score (nSPS) is 10.9. The molecule has 0 saturated heterocycles. The molecule has 0 bridgehead atoms. The molecule has 1 aromatic carbocycles. The van der Waals surface area contributed by atoms with Crippen LogP contribution in [0.3, 0.4) is 0 Å². The van der Waals surface area contributed by atoms with Crippen molar-refractivity contribution < 1.29 is 4.79 Å². The molecule has 0 fully saturated rings. The molecule has 2 aromatic heterocycles. The molecule has 102 valence electrons.